The van der Waals surface area contributed by atoms with Crippen LogP contribution < -0.4 is 11.1 Å². The second-order valence-electron chi connectivity index (χ2n) is 6.20. The highest BCUT2D eigenvalue weighted by Crippen LogP contribution is 2.57. The van der Waals surface area contributed by atoms with E-state index in [2.05, 4.69) is 24.3 Å². The van der Waals surface area contributed by atoms with E-state index in [1.54, 1.807) is 4.68 Å². The maximum atomic E-state index is 6.65. The molecule has 5 heteroatoms. The van der Waals surface area contributed by atoms with Gasteiger partial charge in [-0.1, -0.05) is 13.8 Å². The smallest absolute Gasteiger partial charge is 0.0727 e. The van der Waals surface area contributed by atoms with Crippen molar-refractivity contribution in [3.8, 4) is 0 Å². The van der Waals surface area contributed by atoms with E-state index in [0.29, 0.717) is 12.0 Å². The molecular weight excluding hydrogens is 228 g/mol. The molecule has 3 unspecified atom stereocenters. The van der Waals surface area contributed by atoms with Crippen LogP contribution in [0.25, 0.3) is 0 Å². The molecule has 18 heavy (non-hydrogen) atoms. The molecule has 3 atom stereocenters. The second kappa shape index (κ2) is 3.71. The minimum Gasteiger partial charge on any atom is -0.381 e. The third-order valence-electron chi connectivity index (χ3n) is 4.95. The Hall–Kier alpha value is -1.07. The molecule has 5 nitrogen and oxygen atoms in total. The van der Waals surface area contributed by atoms with Crippen molar-refractivity contribution in [3.63, 3.8) is 0 Å². The van der Waals surface area contributed by atoms with E-state index in [1.165, 1.54) is 0 Å². The van der Waals surface area contributed by atoms with Gasteiger partial charge < -0.3 is 15.8 Å². The molecule has 2 fully saturated rings. The molecule has 1 aliphatic heterocycles. The van der Waals surface area contributed by atoms with Gasteiger partial charge in [-0.2, -0.15) is 5.10 Å². The Morgan fingerprint density at radius 3 is 3.06 bits per heavy atom. The number of nitrogens with one attached hydrogen (secondary N) is 1. The van der Waals surface area contributed by atoms with Crippen LogP contribution in [0.15, 0.2) is 12.4 Å². The largest absolute Gasteiger partial charge is 0.381 e. The standard InChI is InChI=1S/C13H22N4O/c1-12(2)11-10(4-5-18-11)13(12,14)8-15-9-6-16-17(3)7-9/h6-7,10-11,15H,4-5,8,14H2,1-3H3. The second-order valence-corrected chi connectivity index (χ2v) is 6.20. The van der Waals surface area contributed by atoms with Crippen LogP contribution >= 0.6 is 0 Å². The first-order chi connectivity index (χ1) is 8.45. The number of aryl methyl sites for hydroxylation is 1. The molecule has 1 saturated carbocycles. The minimum absolute atomic E-state index is 0.0311. The van der Waals surface area contributed by atoms with E-state index < -0.39 is 0 Å². The van der Waals surface area contributed by atoms with Crippen LogP contribution in [0.5, 0.6) is 0 Å². The lowest BCUT2D eigenvalue weighted by Crippen LogP contribution is -2.77. The zero-order valence-corrected chi connectivity index (χ0v) is 11.3. The first kappa shape index (κ1) is 12.0. The van der Waals surface area contributed by atoms with E-state index in [1.807, 2.05) is 19.4 Å². The minimum atomic E-state index is -0.190. The third kappa shape index (κ3) is 1.44. The summed E-state index contributed by atoms with van der Waals surface area (Å²) in [7, 11) is 1.91. The number of nitrogens with zero attached hydrogens (tertiary/aromatic N) is 2. The fourth-order valence-electron chi connectivity index (χ4n) is 3.59. The van der Waals surface area contributed by atoms with Gasteiger partial charge in [-0.05, 0) is 6.42 Å². The maximum Gasteiger partial charge on any atom is 0.0727 e. The number of aromatic nitrogens is 2. The predicted octanol–water partition coefficient (Wildman–Crippen LogP) is 0.974. The third-order valence-corrected chi connectivity index (χ3v) is 4.95. The van der Waals surface area contributed by atoms with Crippen LogP contribution in [-0.4, -0.2) is 34.6 Å². The molecule has 0 bridgehead atoms. The number of rotatable bonds is 3. The predicted molar refractivity (Wildman–Crippen MR) is 70.2 cm³/mol. The van der Waals surface area contributed by atoms with Crippen LogP contribution in [0.4, 0.5) is 5.69 Å². The summed E-state index contributed by atoms with van der Waals surface area (Å²) in [5.41, 5.74) is 7.52. The Kier molecular flexibility index (Phi) is 2.47. The van der Waals surface area contributed by atoms with Gasteiger partial charge in [0.2, 0.25) is 0 Å². The van der Waals surface area contributed by atoms with Crippen molar-refractivity contribution in [3.05, 3.63) is 12.4 Å². The topological polar surface area (TPSA) is 65.1 Å². The molecule has 2 heterocycles. The lowest BCUT2D eigenvalue weighted by Gasteiger charge is -2.62. The van der Waals surface area contributed by atoms with Crippen molar-refractivity contribution in [1.82, 2.24) is 9.78 Å². The van der Waals surface area contributed by atoms with Gasteiger partial charge in [-0.3, -0.25) is 4.68 Å². The van der Waals surface area contributed by atoms with E-state index in [-0.39, 0.29) is 11.0 Å². The van der Waals surface area contributed by atoms with Gasteiger partial charge in [0.25, 0.3) is 0 Å². The van der Waals surface area contributed by atoms with E-state index >= 15 is 0 Å². The van der Waals surface area contributed by atoms with Gasteiger partial charge in [0.05, 0.1) is 18.0 Å². The zero-order chi connectivity index (χ0) is 13.0. The number of ether oxygens (including phenoxy) is 1. The summed E-state index contributed by atoms with van der Waals surface area (Å²) < 4.78 is 7.59. The molecular formula is C13H22N4O. The Balaban J connectivity index is 1.71. The van der Waals surface area contributed by atoms with Gasteiger partial charge in [-0.25, -0.2) is 0 Å². The fourth-order valence-corrected chi connectivity index (χ4v) is 3.59. The van der Waals surface area contributed by atoms with Gasteiger partial charge >= 0.3 is 0 Å². The lowest BCUT2D eigenvalue weighted by molar-refractivity contribution is -0.149. The Labute approximate surface area is 108 Å². The SMILES string of the molecule is Cn1cc(NCC2(N)C3CCOC3C2(C)C)cn1. The quantitative estimate of drug-likeness (QED) is 0.839. The number of hydrogen-bond acceptors (Lipinski definition) is 4. The zero-order valence-electron chi connectivity index (χ0n) is 11.3. The van der Waals surface area contributed by atoms with Gasteiger partial charge in [0.1, 0.15) is 0 Å². The normalized spacial score (nSPS) is 37.1. The Bertz CT molecular complexity index is 456. The van der Waals surface area contributed by atoms with Crippen LogP contribution in [0, 0.1) is 11.3 Å². The molecule has 1 saturated heterocycles. The van der Waals surface area contributed by atoms with Crippen molar-refractivity contribution in [1.29, 1.82) is 0 Å². The van der Waals surface area contributed by atoms with Crippen molar-refractivity contribution < 1.29 is 4.74 Å². The molecule has 2 aliphatic rings. The van der Waals surface area contributed by atoms with Gasteiger partial charge in [0.15, 0.2) is 0 Å². The maximum absolute atomic E-state index is 6.65. The fraction of sp³-hybridized carbons (Fsp3) is 0.769. The van der Waals surface area contributed by atoms with Gasteiger partial charge in [-0.15, -0.1) is 0 Å². The molecule has 3 N–H and O–H groups in total. The molecule has 3 rings (SSSR count). The van der Waals surface area contributed by atoms with Crippen molar-refractivity contribution >= 4 is 5.69 Å². The molecule has 1 aliphatic carbocycles. The van der Waals surface area contributed by atoms with Crippen LogP contribution in [0.3, 0.4) is 0 Å². The van der Waals surface area contributed by atoms with Crippen LogP contribution in [0.1, 0.15) is 20.3 Å². The highest BCUT2D eigenvalue weighted by Gasteiger charge is 2.67. The van der Waals surface area contributed by atoms with E-state index in [4.69, 9.17) is 10.5 Å². The number of fused-ring (bicyclic) bond motifs is 1. The Morgan fingerprint density at radius 2 is 2.39 bits per heavy atom. The molecule has 0 aromatic carbocycles. The number of nitrogens with two attached hydrogens (primary N) is 1. The van der Waals surface area contributed by atoms with E-state index in [9.17, 15) is 0 Å². The summed E-state index contributed by atoms with van der Waals surface area (Å²) in [5, 5.41) is 7.56. The summed E-state index contributed by atoms with van der Waals surface area (Å²) in [4.78, 5) is 0. The summed E-state index contributed by atoms with van der Waals surface area (Å²) in [6.07, 6.45) is 5.22. The first-order valence-electron chi connectivity index (χ1n) is 6.58. The molecule has 0 spiro atoms. The van der Waals surface area contributed by atoms with Crippen molar-refractivity contribution in [2.45, 2.75) is 31.9 Å². The first-order valence-corrected chi connectivity index (χ1v) is 6.58. The molecule has 0 radical (unpaired) electrons. The number of anilines is 1. The highest BCUT2D eigenvalue weighted by atomic mass is 16.5. The molecule has 100 valence electrons. The summed E-state index contributed by atoms with van der Waals surface area (Å²) in [6, 6.07) is 0. The summed E-state index contributed by atoms with van der Waals surface area (Å²) in [5.74, 6) is 0.483. The van der Waals surface area contributed by atoms with Gasteiger partial charge in [0, 0.05) is 43.3 Å². The van der Waals surface area contributed by atoms with Crippen molar-refractivity contribution in [2.75, 3.05) is 18.5 Å². The van der Waals surface area contributed by atoms with Crippen molar-refractivity contribution in [2.24, 2.45) is 24.1 Å². The monoisotopic (exact) mass is 250 g/mol. The highest BCUT2D eigenvalue weighted by molar-refractivity contribution is 5.40. The summed E-state index contributed by atoms with van der Waals surface area (Å²) >= 11 is 0. The van der Waals surface area contributed by atoms with Crippen LogP contribution in [0.2, 0.25) is 0 Å². The average molecular weight is 250 g/mol. The summed E-state index contributed by atoms with van der Waals surface area (Å²) in [6.45, 7) is 6.05. The lowest BCUT2D eigenvalue weighted by atomic mass is 9.48. The van der Waals surface area contributed by atoms with Crippen LogP contribution in [-0.2, 0) is 11.8 Å². The number of hydrogen-bond donors (Lipinski definition) is 2. The average Bonchev–Trinajstić information content (AvgIpc) is 2.93. The molecule has 1 aromatic rings. The van der Waals surface area contributed by atoms with E-state index in [0.717, 1.165) is 25.3 Å². The Morgan fingerprint density at radius 1 is 1.61 bits per heavy atom. The molecule has 0 amide bonds. The molecule has 1 aromatic heterocycles.